The molecular formula is C26H18F4N6O3S. The number of halogens is 4. The Bertz CT molecular complexity index is 1880. The smallest absolute Gasteiger partial charge is 0.267 e. The Morgan fingerprint density at radius 1 is 0.875 bits per heavy atom. The highest BCUT2D eigenvalue weighted by atomic mass is 32.2. The van der Waals surface area contributed by atoms with Gasteiger partial charge in [0, 0.05) is 17.1 Å². The molecule has 0 saturated carbocycles. The number of pyridine rings is 1. The van der Waals surface area contributed by atoms with E-state index in [9.17, 15) is 21.6 Å². The zero-order valence-corrected chi connectivity index (χ0v) is 21.2. The highest BCUT2D eigenvalue weighted by Gasteiger charge is 2.27. The van der Waals surface area contributed by atoms with Gasteiger partial charge in [-0.1, -0.05) is 6.07 Å². The zero-order chi connectivity index (χ0) is 28.8. The van der Waals surface area contributed by atoms with Crippen LogP contribution in [0.3, 0.4) is 0 Å². The number of rotatable bonds is 6. The highest BCUT2D eigenvalue weighted by Crippen LogP contribution is 2.38. The number of nitrogens with zero attached hydrogens (tertiary/aromatic N) is 3. The van der Waals surface area contributed by atoms with Crippen LogP contribution in [-0.2, 0) is 10.0 Å². The molecule has 5 N–H and O–H groups in total. The van der Waals surface area contributed by atoms with E-state index in [4.69, 9.17) is 16.2 Å². The normalized spacial score (nSPS) is 11.5. The first-order valence-corrected chi connectivity index (χ1v) is 12.8. The number of aromatic nitrogens is 3. The Balaban J connectivity index is 1.63. The second kappa shape index (κ2) is 9.96. The predicted octanol–water partition coefficient (Wildman–Crippen LogP) is 4.89. The van der Waals surface area contributed by atoms with Crippen molar-refractivity contribution in [3.8, 4) is 28.3 Å². The lowest BCUT2D eigenvalue weighted by Gasteiger charge is -2.15. The average Bonchev–Trinajstić information content (AvgIpc) is 2.90. The number of sulfonamides is 1. The van der Waals surface area contributed by atoms with Crippen molar-refractivity contribution >= 4 is 38.2 Å². The van der Waals surface area contributed by atoms with Crippen LogP contribution in [0.25, 0.3) is 33.4 Å². The molecule has 5 aromatic rings. The van der Waals surface area contributed by atoms with E-state index in [0.717, 1.165) is 30.3 Å². The van der Waals surface area contributed by atoms with E-state index in [1.54, 1.807) is 16.9 Å². The van der Waals surface area contributed by atoms with Crippen molar-refractivity contribution < 1.29 is 30.7 Å². The third-order valence-electron chi connectivity index (χ3n) is 5.87. The van der Waals surface area contributed by atoms with Gasteiger partial charge < -0.3 is 16.2 Å². The molecule has 0 spiro atoms. The number of fused-ring (bicyclic) bond motifs is 1. The van der Waals surface area contributed by atoms with Crippen molar-refractivity contribution in [3.63, 3.8) is 0 Å². The number of benzene rings is 3. The topological polar surface area (TPSA) is 146 Å². The maximum atomic E-state index is 15.6. The van der Waals surface area contributed by atoms with Gasteiger partial charge in [-0.3, -0.25) is 4.72 Å². The van der Waals surface area contributed by atoms with Gasteiger partial charge in [-0.25, -0.2) is 40.9 Å². The molecule has 9 nitrogen and oxygen atoms in total. The summed E-state index contributed by atoms with van der Waals surface area (Å²) in [6, 6.07) is 9.76. The highest BCUT2D eigenvalue weighted by molar-refractivity contribution is 7.92. The van der Waals surface area contributed by atoms with Crippen molar-refractivity contribution in [1.29, 1.82) is 0 Å². The number of hydrogen-bond acceptors (Lipinski definition) is 8. The first-order valence-electron chi connectivity index (χ1n) is 11.3. The number of hydrogen-bond donors (Lipinski definition) is 3. The summed E-state index contributed by atoms with van der Waals surface area (Å²) in [6.07, 6.45) is 1.45. The number of anilines is 3. The third-order valence-corrected chi connectivity index (χ3v) is 7.29. The molecule has 0 bridgehead atoms. The Labute approximate surface area is 224 Å². The largest absolute Gasteiger partial charge is 0.494 e. The molecule has 5 rings (SSSR count). The van der Waals surface area contributed by atoms with E-state index >= 15 is 4.39 Å². The van der Waals surface area contributed by atoms with Crippen LogP contribution in [0.4, 0.5) is 34.9 Å². The van der Waals surface area contributed by atoms with Gasteiger partial charge in [0.2, 0.25) is 0 Å². The fraction of sp³-hybridized carbons (Fsp3) is 0.0385. The van der Waals surface area contributed by atoms with Crippen LogP contribution in [0.5, 0.6) is 5.75 Å². The molecule has 40 heavy (non-hydrogen) atoms. The zero-order valence-electron chi connectivity index (χ0n) is 20.4. The maximum absolute atomic E-state index is 15.6. The Kier molecular flexibility index (Phi) is 6.63. The summed E-state index contributed by atoms with van der Waals surface area (Å²) >= 11 is 0. The van der Waals surface area contributed by atoms with Crippen LogP contribution in [0, 0.1) is 23.3 Å². The second-order valence-corrected chi connectivity index (χ2v) is 10.0. The lowest BCUT2D eigenvalue weighted by Crippen LogP contribution is -2.17. The first-order chi connectivity index (χ1) is 19.0. The molecule has 0 fully saturated rings. The molecule has 0 atom stereocenters. The van der Waals surface area contributed by atoms with Crippen molar-refractivity contribution in [1.82, 2.24) is 15.0 Å². The van der Waals surface area contributed by atoms with Gasteiger partial charge >= 0.3 is 0 Å². The van der Waals surface area contributed by atoms with E-state index in [1.165, 1.54) is 25.4 Å². The van der Waals surface area contributed by atoms with Crippen LogP contribution in [0.15, 0.2) is 65.7 Å². The minimum absolute atomic E-state index is 0.0512. The van der Waals surface area contributed by atoms with E-state index in [2.05, 4.69) is 15.0 Å². The number of ether oxygens (including phenoxy) is 1. The molecule has 0 saturated heterocycles. The van der Waals surface area contributed by atoms with Crippen molar-refractivity contribution in [2.75, 3.05) is 23.3 Å². The SMILES string of the molecule is COc1cc(-c2c(F)ccc(NS(=O)(=O)c3c(F)cccc3F)c2F)cc2c(N)nc(-c3ccc(N)nc3)nc12. The molecule has 0 unspecified atom stereocenters. The predicted molar refractivity (Wildman–Crippen MR) is 141 cm³/mol. The van der Waals surface area contributed by atoms with E-state index in [-0.39, 0.29) is 39.7 Å². The van der Waals surface area contributed by atoms with Crippen LogP contribution in [0.2, 0.25) is 0 Å². The lowest BCUT2D eigenvalue weighted by molar-refractivity contribution is 0.419. The minimum Gasteiger partial charge on any atom is -0.494 e. The summed E-state index contributed by atoms with van der Waals surface area (Å²) in [4.78, 5) is 11.4. The van der Waals surface area contributed by atoms with Crippen LogP contribution in [-0.4, -0.2) is 30.5 Å². The average molecular weight is 571 g/mol. The Hall–Kier alpha value is -4.98. The van der Waals surface area contributed by atoms with Gasteiger partial charge in [-0.2, -0.15) is 0 Å². The third kappa shape index (κ3) is 4.68. The van der Waals surface area contributed by atoms with Gasteiger partial charge in [0.05, 0.1) is 18.4 Å². The summed E-state index contributed by atoms with van der Waals surface area (Å²) in [5, 5.41) is 0.180. The summed E-state index contributed by atoms with van der Waals surface area (Å²) in [5.41, 5.74) is 11.0. The molecule has 14 heteroatoms. The molecule has 0 radical (unpaired) electrons. The van der Waals surface area contributed by atoms with Gasteiger partial charge in [-0.15, -0.1) is 0 Å². The first kappa shape index (κ1) is 26.6. The summed E-state index contributed by atoms with van der Waals surface area (Å²) in [5.74, 6) is -4.70. The van der Waals surface area contributed by atoms with E-state index in [1.807, 2.05) is 0 Å². The van der Waals surface area contributed by atoms with Gasteiger partial charge in [-0.05, 0) is 54.1 Å². The fourth-order valence-corrected chi connectivity index (χ4v) is 5.22. The van der Waals surface area contributed by atoms with Gasteiger partial charge in [0.25, 0.3) is 10.0 Å². The maximum Gasteiger partial charge on any atom is 0.267 e. The molecule has 204 valence electrons. The van der Waals surface area contributed by atoms with Gasteiger partial charge in [0.15, 0.2) is 16.5 Å². The number of nitrogens with one attached hydrogen (secondary N) is 1. The van der Waals surface area contributed by atoms with Crippen LogP contribution in [0.1, 0.15) is 0 Å². The van der Waals surface area contributed by atoms with E-state index in [0.29, 0.717) is 5.56 Å². The quantitative estimate of drug-likeness (QED) is 0.245. The Morgan fingerprint density at radius 3 is 2.25 bits per heavy atom. The summed E-state index contributed by atoms with van der Waals surface area (Å²) < 4.78 is 91.5. The molecule has 3 aromatic carbocycles. The molecule has 0 aliphatic heterocycles. The van der Waals surface area contributed by atoms with Gasteiger partial charge in [0.1, 0.15) is 40.4 Å². The summed E-state index contributed by atoms with van der Waals surface area (Å²) in [6.45, 7) is 0. The van der Waals surface area contributed by atoms with E-state index < -0.39 is 49.4 Å². The standard InChI is InChI=1S/C26H18F4N6O3S/c1-39-19-10-13(9-14-23(19)34-26(35-25(14)32)12-5-8-20(31)33-11-12)21-15(27)6-7-18(22(21)30)36-40(37,38)24-16(28)3-2-4-17(24)29/h2-11,36H,1H3,(H2,31,33)(H2,32,34,35). The lowest BCUT2D eigenvalue weighted by atomic mass is 10.0. The Morgan fingerprint density at radius 2 is 1.60 bits per heavy atom. The molecular weight excluding hydrogens is 552 g/mol. The molecule has 0 aliphatic carbocycles. The second-order valence-electron chi connectivity index (χ2n) is 8.42. The molecule has 0 amide bonds. The number of methoxy groups -OCH3 is 1. The van der Waals surface area contributed by atoms with Crippen LogP contribution < -0.4 is 20.9 Å². The fourth-order valence-electron chi connectivity index (χ4n) is 4.02. The van der Waals surface area contributed by atoms with Crippen molar-refractivity contribution in [2.45, 2.75) is 4.90 Å². The van der Waals surface area contributed by atoms with Crippen molar-refractivity contribution in [3.05, 3.63) is 84.1 Å². The summed E-state index contributed by atoms with van der Waals surface area (Å²) in [7, 11) is -3.63. The molecule has 0 aliphatic rings. The van der Waals surface area contributed by atoms with Crippen LogP contribution >= 0.6 is 0 Å². The minimum atomic E-state index is -4.94. The monoisotopic (exact) mass is 570 g/mol. The van der Waals surface area contributed by atoms with Crippen molar-refractivity contribution in [2.24, 2.45) is 0 Å². The molecule has 2 aromatic heterocycles. The number of nitrogens with two attached hydrogens (primary N) is 2. The number of nitrogen functional groups attached to an aromatic ring is 2. The molecule has 2 heterocycles.